The van der Waals surface area contributed by atoms with Gasteiger partial charge in [-0.1, -0.05) is 6.92 Å². The number of anilines is 1. The first kappa shape index (κ1) is 18.7. The fraction of sp³-hybridized carbons (Fsp3) is 0.389. The van der Waals surface area contributed by atoms with Crippen LogP contribution in [0.1, 0.15) is 41.1 Å². The third kappa shape index (κ3) is 3.71. The minimum Gasteiger partial charge on any atom is -0.494 e. The molecule has 1 aliphatic carbocycles. The summed E-state index contributed by atoms with van der Waals surface area (Å²) in [5.74, 6) is 0.517. The predicted octanol–water partition coefficient (Wildman–Crippen LogP) is 3.17. The molecular formula is C18H22N2O4S2. The second-order valence-corrected chi connectivity index (χ2v) is 9.22. The van der Waals surface area contributed by atoms with E-state index < -0.39 is 15.9 Å². The van der Waals surface area contributed by atoms with E-state index in [0.717, 1.165) is 29.7 Å². The lowest BCUT2D eigenvalue weighted by atomic mass is 9.88. The Morgan fingerprint density at radius 1 is 1.35 bits per heavy atom. The number of carbonyl (C=O) groups is 1. The van der Waals surface area contributed by atoms with Gasteiger partial charge in [-0.05, 0) is 61.9 Å². The number of ether oxygens (including phenoxy) is 1. The number of carbonyl (C=O) groups excluding carboxylic acids is 1. The highest BCUT2D eigenvalue weighted by Crippen LogP contribution is 2.40. The molecular weight excluding hydrogens is 372 g/mol. The minimum absolute atomic E-state index is 0.108. The van der Waals surface area contributed by atoms with Gasteiger partial charge >= 0.3 is 0 Å². The Morgan fingerprint density at radius 3 is 2.65 bits per heavy atom. The number of hydrogen-bond donors (Lipinski definition) is 2. The van der Waals surface area contributed by atoms with Crippen molar-refractivity contribution in [3.63, 3.8) is 0 Å². The van der Waals surface area contributed by atoms with Crippen molar-refractivity contribution in [2.24, 2.45) is 11.7 Å². The average Bonchev–Trinajstić information content (AvgIpc) is 2.91. The molecule has 0 aliphatic heterocycles. The van der Waals surface area contributed by atoms with E-state index in [-0.39, 0.29) is 4.90 Å². The number of hydrogen-bond acceptors (Lipinski definition) is 5. The van der Waals surface area contributed by atoms with Crippen molar-refractivity contribution in [2.45, 2.75) is 38.0 Å². The fourth-order valence-electron chi connectivity index (χ4n) is 3.15. The molecule has 8 heteroatoms. The Balaban J connectivity index is 1.93. The molecule has 0 saturated heterocycles. The van der Waals surface area contributed by atoms with Gasteiger partial charge in [-0.2, -0.15) is 0 Å². The number of primary amides is 1. The van der Waals surface area contributed by atoms with Crippen LogP contribution in [0.5, 0.6) is 5.75 Å². The lowest BCUT2D eigenvalue weighted by Gasteiger charge is -2.18. The molecule has 0 fully saturated rings. The van der Waals surface area contributed by atoms with Gasteiger partial charge in [0.2, 0.25) is 0 Å². The lowest BCUT2D eigenvalue weighted by Crippen LogP contribution is -2.19. The maximum Gasteiger partial charge on any atom is 0.262 e. The van der Waals surface area contributed by atoms with Crippen LogP contribution in [0.4, 0.5) is 5.00 Å². The van der Waals surface area contributed by atoms with Gasteiger partial charge in [-0.3, -0.25) is 9.52 Å². The molecule has 0 spiro atoms. The zero-order valence-corrected chi connectivity index (χ0v) is 16.4. The highest BCUT2D eigenvalue weighted by atomic mass is 32.2. The van der Waals surface area contributed by atoms with E-state index in [4.69, 9.17) is 10.5 Å². The number of amides is 1. The van der Waals surface area contributed by atoms with Gasteiger partial charge in [-0.15, -0.1) is 11.3 Å². The maximum absolute atomic E-state index is 12.7. The van der Waals surface area contributed by atoms with E-state index in [9.17, 15) is 13.2 Å². The van der Waals surface area contributed by atoms with E-state index in [0.29, 0.717) is 28.8 Å². The van der Waals surface area contributed by atoms with Gasteiger partial charge in [0, 0.05) is 4.88 Å². The summed E-state index contributed by atoms with van der Waals surface area (Å²) >= 11 is 1.31. The molecule has 1 aromatic heterocycles. The summed E-state index contributed by atoms with van der Waals surface area (Å²) in [5.41, 5.74) is 6.75. The molecule has 26 heavy (non-hydrogen) atoms. The highest BCUT2D eigenvalue weighted by molar-refractivity contribution is 7.93. The summed E-state index contributed by atoms with van der Waals surface area (Å²) < 4.78 is 33.3. The Morgan fingerprint density at radius 2 is 2.04 bits per heavy atom. The number of rotatable bonds is 6. The molecule has 3 N–H and O–H groups in total. The molecule has 1 aliphatic rings. The summed E-state index contributed by atoms with van der Waals surface area (Å²) in [6.45, 7) is 4.51. The number of fused-ring (bicyclic) bond motifs is 1. The molecule has 6 nitrogen and oxygen atoms in total. The predicted molar refractivity (Wildman–Crippen MR) is 102 cm³/mol. The molecule has 1 heterocycles. The van der Waals surface area contributed by atoms with E-state index >= 15 is 0 Å². The monoisotopic (exact) mass is 394 g/mol. The third-order valence-corrected chi connectivity index (χ3v) is 7.09. The van der Waals surface area contributed by atoms with Gasteiger partial charge in [-0.25, -0.2) is 8.42 Å². The molecule has 0 saturated carbocycles. The summed E-state index contributed by atoms with van der Waals surface area (Å²) in [5, 5.41) is 0.311. The van der Waals surface area contributed by atoms with Crippen LogP contribution in [0.2, 0.25) is 0 Å². The molecule has 1 amide bonds. The van der Waals surface area contributed by atoms with Crippen molar-refractivity contribution in [3.8, 4) is 5.75 Å². The molecule has 140 valence electrons. The Hall–Kier alpha value is -2.06. The first-order valence-electron chi connectivity index (χ1n) is 8.51. The number of benzene rings is 1. The van der Waals surface area contributed by atoms with Crippen LogP contribution in [0, 0.1) is 5.92 Å². The van der Waals surface area contributed by atoms with Crippen LogP contribution in [-0.2, 0) is 22.9 Å². The van der Waals surface area contributed by atoms with Gasteiger partial charge < -0.3 is 10.5 Å². The van der Waals surface area contributed by atoms with Crippen LogP contribution in [0.15, 0.2) is 29.2 Å². The van der Waals surface area contributed by atoms with E-state index in [2.05, 4.69) is 11.6 Å². The number of thiophene rings is 1. The van der Waals surface area contributed by atoms with Crippen molar-refractivity contribution < 1.29 is 17.9 Å². The van der Waals surface area contributed by atoms with Gasteiger partial charge in [0.05, 0.1) is 17.1 Å². The van der Waals surface area contributed by atoms with Crippen molar-refractivity contribution in [2.75, 3.05) is 11.3 Å². The van der Waals surface area contributed by atoms with Crippen LogP contribution in [0.3, 0.4) is 0 Å². The SMILES string of the molecule is CCOc1ccc(S(=O)(=O)Nc2sc3c(c2C(N)=O)CC[C@@H](C)C3)cc1. The molecule has 2 aromatic rings. The van der Waals surface area contributed by atoms with Crippen molar-refractivity contribution in [1.29, 1.82) is 0 Å². The topological polar surface area (TPSA) is 98.5 Å². The van der Waals surface area contributed by atoms with Gasteiger partial charge in [0.25, 0.3) is 15.9 Å². The van der Waals surface area contributed by atoms with Crippen LogP contribution < -0.4 is 15.2 Å². The van der Waals surface area contributed by atoms with Crippen LogP contribution >= 0.6 is 11.3 Å². The molecule has 1 aromatic carbocycles. The smallest absolute Gasteiger partial charge is 0.262 e. The Bertz CT molecular complexity index is 917. The molecule has 0 radical (unpaired) electrons. The highest BCUT2D eigenvalue weighted by Gasteiger charge is 2.28. The standard InChI is InChI=1S/C18H22N2O4S2/c1-3-24-12-5-7-13(8-6-12)26(22,23)20-18-16(17(19)21)14-9-4-11(2)10-15(14)25-18/h5-8,11,20H,3-4,9-10H2,1-2H3,(H2,19,21)/t11-/m1/s1. The number of nitrogens with one attached hydrogen (secondary N) is 1. The summed E-state index contributed by atoms with van der Waals surface area (Å²) in [4.78, 5) is 13.1. The molecule has 1 atom stereocenters. The quantitative estimate of drug-likeness (QED) is 0.786. The summed E-state index contributed by atoms with van der Waals surface area (Å²) in [6.07, 6.45) is 2.55. The van der Waals surface area contributed by atoms with E-state index in [1.165, 1.54) is 23.5 Å². The summed E-state index contributed by atoms with van der Waals surface area (Å²) in [6, 6.07) is 6.17. The molecule has 3 rings (SSSR count). The van der Waals surface area contributed by atoms with E-state index in [1.54, 1.807) is 12.1 Å². The van der Waals surface area contributed by atoms with Crippen molar-refractivity contribution in [3.05, 3.63) is 40.3 Å². The van der Waals surface area contributed by atoms with Crippen LogP contribution in [-0.4, -0.2) is 20.9 Å². The zero-order chi connectivity index (χ0) is 18.9. The normalized spacial score (nSPS) is 16.8. The first-order valence-corrected chi connectivity index (χ1v) is 10.8. The van der Waals surface area contributed by atoms with Gasteiger partial charge in [0.15, 0.2) is 0 Å². The second-order valence-electron chi connectivity index (χ2n) is 6.43. The second kappa shape index (κ2) is 7.28. The maximum atomic E-state index is 12.7. The van der Waals surface area contributed by atoms with Crippen molar-refractivity contribution in [1.82, 2.24) is 0 Å². The lowest BCUT2D eigenvalue weighted by molar-refractivity contribution is 0.100. The number of sulfonamides is 1. The average molecular weight is 395 g/mol. The zero-order valence-electron chi connectivity index (χ0n) is 14.7. The van der Waals surface area contributed by atoms with E-state index in [1.807, 2.05) is 6.92 Å². The largest absolute Gasteiger partial charge is 0.494 e. The molecule has 0 bridgehead atoms. The third-order valence-electron chi connectivity index (χ3n) is 4.43. The summed E-state index contributed by atoms with van der Waals surface area (Å²) in [7, 11) is -3.82. The first-order chi connectivity index (χ1) is 12.3. The molecule has 0 unspecified atom stereocenters. The van der Waals surface area contributed by atoms with Crippen molar-refractivity contribution >= 4 is 32.3 Å². The Labute approximate surface area is 157 Å². The van der Waals surface area contributed by atoms with Gasteiger partial charge in [0.1, 0.15) is 10.8 Å². The fourth-order valence-corrected chi connectivity index (χ4v) is 5.87. The Kier molecular flexibility index (Phi) is 5.24. The number of nitrogens with two attached hydrogens (primary N) is 1. The minimum atomic E-state index is -3.82. The van der Waals surface area contributed by atoms with Crippen LogP contribution in [0.25, 0.3) is 0 Å².